The Labute approximate surface area is 110 Å². The number of carbonyl (C=O) groups is 2. The smallest absolute Gasteiger partial charge is 0.223 e. The number of ketones is 1. The van der Waals surface area contributed by atoms with Crippen molar-refractivity contribution in [2.75, 3.05) is 13.1 Å². The molecule has 0 aromatic heterocycles. The summed E-state index contributed by atoms with van der Waals surface area (Å²) >= 11 is 0. The van der Waals surface area contributed by atoms with Gasteiger partial charge in [-0.05, 0) is 25.2 Å². The Morgan fingerprint density at radius 2 is 1.94 bits per heavy atom. The van der Waals surface area contributed by atoms with Crippen molar-refractivity contribution in [1.82, 2.24) is 4.90 Å². The SMILES string of the molecule is CC1(C)CCN(C(=O)CC2CCCCC2)CC1=O. The molecule has 0 spiro atoms. The first-order valence-electron chi connectivity index (χ1n) is 7.30. The molecule has 2 aliphatic rings. The predicted octanol–water partition coefficient (Wildman–Crippen LogP) is 2.78. The highest BCUT2D eigenvalue weighted by atomic mass is 16.2. The molecule has 1 heterocycles. The van der Waals surface area contributed by atoms with Crippen molar-refractivity contribution in [3.8, 4) is 0 Å². The Morgan fingerprint density at radius 1 is 1.28 bits per heavy atom. The van der Waals surface area contributed by atoms with Gasteiger partial charge in [-0.2, -0.15) is 0 Å². The highest BCUT2D eigenvalue weighted by Gasteiger charge is 2.35. The first-order valence-corrected chi connectivity index (χ1v) is 7.30. The first kappa shape index (κ1) is 13.6. The van der Waals surface area contributed by atoms with E-state index < -0.39 is 0 Å². The Morgan fingerprint density at radius 3 is 2.56 bits per heavy atom. The molecule has 0 radical (unpaired) electrons. The molecule has 0 unspecified atom stereocenters. The van der Waals surface area contributed by atoms with Crippen LogP contribution in [-0.4, -0.2) is 29.7 Å². The second kappa shape index (κ2) is 5.41. The number of hydrogen-bond donors (Lipinski definition) is 0. The number of Topliss-reactive ketones (excluding diaryl/α,β-unsaturated/α-hetero) is 1. The van der Waals surface area contributed by atoms with Crippen LogP contribution in [0.4, 0.5) is 0 Å². The topological polar surface area (TPSA) is 37.4 Å². The van der Waals surface area contributed by atoms with E-state index in [1.165, 1.54) is 32.1 Å². The molecule has 2 rings (SSSR count). The van der Waals surface area contributed by atoms with Gasteiger partial charge < -0.3 is 4.90 Å². The van der Waals surface area contributed by atoms with Crippen molar-refractivity contribution in [2.24, 2.45) is 11.3 Å². The minimum Gasteiger partial charge on any atom is -0.335 e. The van der Waals surface area contributed by atoms with Gasteiger partial charge in [0, 0.05) is 18.4 Å². The van der Waals surface area contributed by atoms with Gasteiger partial charge in [-0.3, -0.25) is 9.59 Å². The van der Waals surface area contributed by atoms with E-state index in [2.05, 4.69) is 0 Å². The number of amides is 1. The van der Waals surface area contributed by atoms with Crippen LogP contribution in [0.25, 0.3) is 0 Å². The van der Waals surface area contributed by atoms with Gasteiger partial charge in [0.2, 0.25) is 5.91 Å². The molecule has 3 heteroatoms. The van der Waals surface area contributed by atoms with E-state index in [9.17, 15) is 9.59 Å². The van der Waals surface area contributed by atoms with Crippen LogP contribution in [0.15, 0.2) is 0 Å². The van der Waals surface area contributed by atoms with E-state index in [1.807, 2.05) is 13.8 Å². The van der Waals surface area contributed by atoms with Gasteiger partial charge >= 0.3 is 0 Å². The fourth-order valence-corrected chi connectivity index (χ4v) is 3.00. The molecule has 3 nitrogen and oxygen atoms in total. The van der Waals surface area contributed by atoms with Crippen molar-refractivity contribution in [3.05, 3.63) is 0 Å². The zero-order valence-corrected chi connectivity index (χ0v) is 11.7. The molecule has 2 fully saturated rings. The summed E-state index contributed by atoms with van der Waals surface area (Å²) in [5, 5.41) is 0. The fraction of sp³-hybridized carbons (Fsp3) is 0.867. The maximum absolute atomic E-state index is 12.2. The zero-order valence-electron chi connectivity index (χ0n) is 11.7. The molecule has 18 heavy (non-hydrogen) atoms. The molecular formula is C15H25NO2. The van der Waals surface area contributed by atoms with Gasteiger partial charge in [0.05, 0.1) is 6.54 Å². The highest BCUT2D eigenvalue weighted by molar-refractivity contribution is 5.90. The molecule has 1 saturated carbocycles. The lowest BCUT2D eigenvalue weighted by molar-refractivity contribution is -0.143. The molecule has 0 aromatic rings. The number of hydrogen-bond acceptors (Lipinski definition) is 2. The quantitative estimate of drug-likeness (QED) is 0.756. The zero-order chi connectivity index (χ0) is 13.2. The molecule has 1 aliphatic carbocycles. The number of rotatable bonds is 2. The molecule has 102 valence electrons. The van der Waals surface area contributed by atoms with Crippen molar-refractivity contribution in [3.63, 3.8) is 0 Å². The molecule has 0 bridgehead atoms. The lowest BCUT2D eigenvalue weighted by Crippen LogP contribution is -2.48. The van der Waals surface area contributed by atoms with Crippen LogP contribution in [0.5, 0.6) is 0 Å². The summed E-state index contributed by atoms with van der Waals surface area (Å²) in [4.78, 5) is 25.9. The summed E-state index contributed by atoms with van der Waals surface area (Å²) in [6, 6.07) is 0. The highest BCUT2D eigenvalue weighted by Crippen LogP contribution is 2.30. The summed E-state index contributed by atoms with van der Waals surface area (Å²) in [5.74, 6) is 0.979. The summed E-state index contributed by atoms with van der Waals surface area (Å²) < 4.78 is 0. The second-order valence-electron chi connectivity index (χ2n) is 6.58. The number of likely N-dealkylation sites (tertiary alicyclic amines) is 1. The maximum atomic E-state index is 12.2. The van der Waals surface area contributed by atoms with E-state index in [4.69, 9.17) is 0 Å². The summed E-state index contributed by atoms with van der Waals surface area (Å²) in [5.41, 5.74) is -0.235. The third-order valence-electron chi connectivity index (χ3n) is 4.64. The van der Waals surface area contributed by atoms with Gasteiger partial charge in [-0.15, -0.1) is 0 Å². The lowest BCUT2D eigenvalue weighted by atomic mass is 9.81. The largest absolute Gasteiger partial charge is 0.335 e. The Hall–Kier alpha value is -0.860. The van der Waals surface area contributed by atoms with Gasteiger partial charge in [-0.25, -0.2) is 0 Å². The monoisotopic (exact) mass is 251 g/mol. The summed E-state index contributed by atoms with van der Waals surface area (Å²) in [6.45, 7) is 5.05. The van der Waals surface area contributed by atoms with Crippen LogP contribution in [0.2, 0.25) is 0 Å². The minimum absolute atomic E-state index is 0.200. The van der Waals surface area contributed by atoms with Gasteiger partial charge in [0.15, 0.2) is 5.78 Å². The number of nitrogens with zero attached hydrogens (tertiary/aromatic N) is 1. The predicted molar refractivity (Wildman–Crippen MR) is 71.2 cm³/mol. The van der Waals surface area contributed by atoms with E-state index in [-0.39, 0.29) is 17.1 Å². The lowest BCUT2D eigenvalue weighted by Gasteiger charge is -2.36. The van der Waals surface area contributed by atoms with Crippen molar-refractivity contribution >= 4 is 11.7 Å². The van der Waals surface area contributed by atoms with E-state index in [0.29, 0.717) is 18.9 Å². The average Bonchev–Trinajstić information content (AvgIpc) is 2.34. The standard InChI is InChI=1S/C15H25NO2/c1-15(2)8-9-16(11-13(15)17)14(18)10-12-6-4-3-5-7-12/h12H,3-11H2,1-2H3. The van der Waals surface area contributed by atoms with E-state index >= 15 is 0 Å². The summed E-state index contributed by atoms with van der Waals surface area (Å²) in [6.07, 6.45) is 7.71. The van der Waals surface area contributed by atoms with Crippen LogP contribution < -0.4 is 0 Å². The van der Waals surface area contributed by atoms with Crippen LogP contribution >= 0.6 is 0 Å². The Kier molecular flexibility index (Phi) is 4.08. The molecule has 1 amide bonds. The third kappa shape index (κ3) is 3.12. The molecule has 1 saturated heterocycles. The van der Waals surface area contributed by atoms with Crippen LogP contribution in [0, 0.1) is 11.3 Å². The number of piperidine rings is 1. The molecule has 0 N–H and O–H groups in total. The molecular weight excluding hydrogens is 226 g/mol. The summed E-state index contributed by atoms with van der Waals surface area (Å²) in [7, 11) is 0. The minimum atomic E-state index is -0.235. The molecule has 1 aliphatic heterocycles. The normalized spacial score (nSPS) is 25.2. The number of carbonyl (C=O) groups excluding carboxylic acids is 2. The van der Waals surface area contributed by atoms with Gasteiger partial charge in [0.25, 0.3) is 0 Å². The van der Waals surface area contributed by atoms with Crippen LogP contribution in [0.1, 0.15) is 58.8 Å². The van der Waals surface area contributed by atoms with E-state index in [1.54, 1.807) is 4.90 Å². The molecule has 0 atom stereocenters. The van der Waals surface area contributed by atoms with Gasteiger partial charge in [0.1, 0.15) is 0 Å². The van der Waals surface area contributed by atoms with E-state index in [0.717, 1.165) is 13.0 Å². The fourth-order valence-electron chi connectivity index (χ4n) is 3.00. The maximum Gasteiger partial charge on any atom is 0.223 e. The first-order chi connectivity index (χ1) is 8.49. The molecule has 0 aromatic carbocycles. The Balaban J connectivity index is 1.84. The van der Waals surface area contributed by atoms with Crippen LogP contribution in [-0.2, 0) is 9.59 Å². The van der Waals surface area contributed by atoms with Gasteiger partial charge in [-0.1, -0.05) is 33.1 Å². The Bertz CT molecular complexity index is 329. The second-order valence-corrected chi connectivity index (χ2v) is 6.58. The average molecular weight is 251 g/mol. The van der Waals surface area contributed by atoms with Crippen molar-refractivity contribution in [1.29, 1.82) is 0 Å². The third-order valence-corrected chi connectivity index (χ3v) is 4.64. The van der Waals surface area contributed by atoms with Crippen molar-refractivity contribution < 1.29 is 9.59 Å². The van der Waals surface area contributed by atoms with Crippen LogP contribution in [0.3, 0.4) is 0 Å². The van der Waals surface area contributed by atoms with Crippen molar-refractivity contribution in [2.45, 2.75) is 58.8 Å².